The number of anilines is 1. The quantitative estimate of drug-likeness (QED) is 0.886. The minimum absolute atomic E-state index is 0.313. The van der Waals surface area contributed by atoms with E-state index in [1.807, 2.05) is 0 Å². The number of fused-ring (bicyclic) bond motifs is 1. The number of aryl methyl sites for hydroxylation is 1. The normalized spacial score (nSPS) is 20.4. The van der Waals surface area contributed by atoms with E-state index in [0.29, 0.717) is 6.04 Å². The van der Waals surface area contributed by atoms with Gasteiger partial charge >= 0.3 is 0 Å². The highest BCUT2D eigenvalue weighted by Gasteiger charge is 2.21. The summed E-state index contributed by atoms with van der Waals surface area (Å²) in [5.74, 6) is 0. The van der Waals surface area contributed by atoms with E-state index in [1.165, 1.54) is 10.3 Å². The molecule has 1 fully saturated rings. The van der Waals surface area contributed by atoms with Crippen LogP contribution in [0.1, 0.15) is 18.9 Å². The first kappa shape index (κ1) is 11.0. The van der Waals surface area contributed by atoms with E-state index in [4.69, 9.17) is 10.7 Å². The van der Waals surface area contributed by atoms with Gasteiger partial charge in [0, 0.05) is 19.1 Å². The summed E-state index contributed by atoms with van der Waals surface area (Å²) in [6.07, 6.45) is 2.16. The zero-order chi connectivity index (χ0) is 11.8. The van der Waals surface area contributed by atoms with E-state index in [9.17, 15) is 0 Å². The van der Waals surface area contributed by atoms with E-state index in [-0.39, 0.29) is 0 Å². The Morgan fingerprint density at radius 2 is 2.41 bits per heavy atom. The summed E-state index contributed by atoms with van der Waals surface area (Å²) in [5, 5.41) is 1.13. The number of rotatable bonds is 2. The highest BCUT2D eigenvalue weighted by atomic mass is 32.1. The van der Waals surface area contributed by atoms with Crippen LogP contribution in [0.15, 0.2) is 18.2 Å². The molecule has 1 saturated heterocycles. The summed E-state index contributed by atoms with van der Waals surface area (Å²) in [7, 11) is 0. The van der Waals surface area contributed by atoms with Crippen molar-refractivity contribution in [3.05, 3.63) is 23.8 Å². The predicted molar refractivity (Wildman–Crippen MR) is 73.8 cm³/mol. The van der Waals surface area contributed by atoms with E-state index in [2.05, 4.69) is 30.0 Å². The zero-order valence-corrected chi connectivity index (χ0v) is 10.8. The lowest BCUT2D eigenvalue weighted by Gasteiger charge is -2.12. The summed E-state index contributed by atoms with van der Waals surface area (Å²) >= 11 is 1.79. The van der Waals surface area contributed by atoms with Gasteiger partial charge in [-0.05, 0) is 30.5 Å². The van der Waals surface area contributed by atoms with Gasteiger partial charge in [-0.3, -0.25) is 0 Å². The van der Waals surface area contributed by atoms with Crippen LogP contribution in [0.25, 0.3) is 10.2 Å². The standard InChI is InChI=1S/C13H17N3S/c1-2-9-3-4-11-12(7-9)17-13(15-11)16-6-5-10(14)8-16/h3-4,7,10H,2,5-6,8,14H2,1H3. The number of hydrogen-bond donors (Lipinski definition) is 1. The molecule has 0 spiro atoms. The van der Waals surface area contributed by atoms with Crippen LogP contribution < -0.4 is 10.6 Å². The SMILES string of the molecule is CCc1ccc2nc(N3CCC(N)C3)sc2c1. The summed E-state index contributed by atoms with van der Waals surface area (Å²) in [5.41, 5.74) is 8.43. The average Bonchev–Trinajstić information content (AvgIpc) is 2.93. The van der Waals surface area contributed by atoms with Gasteiger partial charge in [0.15, 0.2) is 5.13 Å². The number of hydrogen-bond acceptors (Lipinski definition) is 4. The molecule has 1 aromatic carbocycles. The fraction of sp³-hybridized carbons (Fsp3) is 0.462. The minimum atomic E-state index is 0.313. The lowest BCUT2D eigenvalue weighted by atomic mass is 10.2. The third-order valence-corrected chi connectivity index (χ3v) is 4.42. The van der Waals surface area contributed by atoms with Crippen LogP contribution in [0.4, 0.5) is 5.13 Å². The highest BCUT2D eigenvalue weighted by molar-refractivity contribution is 7.22. The van der Waals surface area contributed by atoms with Crippen LogP contribution in [-0.4, -0.2) is 24.1 Å². The molecule has 3 rings (SSSR count). The maximum absolute atomic E-state index is 5.94. The van der Waals surface area contributed by atoms with Gasteiger partial charge < -0.3 is 10.6 Å². The first-order valence-electron chi connectivity index (χ1n) is 6.16. The number of nitrogens with two attached hydrogens (primary N) is 1. The van der Waals surface area contributed by atoms with Crippen LogP contribution in [0, 0.1) is 0 Å². The lowest BCUT2D eigenvalue weighted by molar-refractivity contribution is 0.752. The van der Waals surface area contributed by atoms with Crippen molar-refractivity contribution in [2.45, 2.75) is 25.8 Å². The number of aromatic nitrogens is 1. The molecule has 2 N–H and O–H groups in total. The van der Waals surface area contributed by atoms with Gasteiger partial charge in [-0.1, -0.05) is 24.3 Å². The highest BCUT2D eigenvalue weighted by Crippen LogP contribution is 2.31. The third-order valence-electron chi connectivity index (χ3n) is 3.35. The topological polar surface area (TPSA) is 42.2 Å². The molecular weight excluding hydrogens is 230 g/mol. The maximum atomic E-state index is 5.94. The molecule has 1 aliphatic rings. The van der Waals surface area contributed by atoms with Gasteiger partial charge in [0.25, 0.3) is 0 Å². The van der Waals surface area contributed by atoms with Crippen LogP contribution in [0.3, 0.4) is 0 Å². The van der Waals surface area contributed by atoms with Crippen molar-refractivity contribution in [3.63, 3.8) is 0 Å². The Kier molecular flexibility index (Phi) is 2.76. The Labute approximate surface area is 105 Å². The van der Waals surface area contributed by atoms with Crippen molar-refractivity contribution in [1.29, 1.82) is 0 Å². The molecule has 2 aromatic rings. The molecule has 4 heteroatoms. The molecule has 1 aliphatic heterocycles. The first-order chi connectivity index (χ1) is 8.26. The minimum Gasteiger partial charge on any atom is -0.346 e. The van der Waals surface area contributed by atoms with Crippen LogP contribution >= 0.6 is 11.3 Å². The van der Waals surface area contributed by atoms with Crippen molar-refractivity contribution >= 4 is 26.7 Å². The Morgan fingerprint density at radius 3 is 3.12 bits per heavy atom. The van der Waals surface area contributed by atoms with Crippen LogP contribution in [0.2, 0.25) is 0 Å². The first-order valence-corrected chi connectivity index (χ1v) is 6.98. The van der Waals surface area contributed by atoms with E-state index < -0.39 is 0 Å². The van der Waals surface area contributed by atoms with Crippen molar-refractivity contribution < 1.29 is 0 Å². The fourth-order valence-electron chi connectivity index (χ4n) is 2.27. The van der Waals surface area contributed by atoms with Crippen LogP contribution in [0.5, 0.6) is 0 Å². The molecule has 1 unspecified atom stereocenters. The lowest BCUT2D eigenvalue weighted by Crippen LogP contribution is -2.26. The molecule has 3 nitrogen and oxygen atoms in total. The third kappa shape index (κ3) is 2.03. The molecule has 0 bridgehead atoms. The van der Waals surface area contributed by atoms with Gasteiger partial charge in [0.2, 0.25) is 0 Å². The summed E-state index contributed by atoms with van der Waals surface area (Å²) < 4.78 is 1.29. The smallest absolute Gasteiger partial charge is 0.186 e. The second-order valence-corrected chi connectivity index (χ2v) is 5.66. The van der Waals surface area contributed by atoms with Gasteiger partial charge in [-0.15, -0.1) is 0 Å². The second kappa shape index (κ2) is 4.27. The van der Waals surface area contributed by atoms with Gasteiger partial charge in [0.1, 0.15) is 0 Å². The molecule has 0 saturated carbocycles. The van der Waals surface area contributed by atoms with Gasteiger partial charge in [-0.2, -0.15) is 0 Å². The molecule has 1 aromatic heterocycles. The largest absolute Gasteiger partial charge is 0.346 e. The van der Waals surface area contributed by atoms with Gasteiger partial charge in [0.05, 0.1) is 10.2 Å². The molecule has 1 atom stereocenters. The second-order valence-electron chi connectivity index (χ2n) is 4.65. The molecule has 17 heavy (non-hydrogen) atoms. The summed E-state index contributed by atoms with van der Waals surface area (Å²) in [4.78, 5) is 7.00. The Hall–Kier alpha value is -1.13. The van der Waals surface area contributed by atoms with Crippen molar-refractivity contribution in [2.24, 2.45) is 5.73 Å². The number of nitrogens with zero attached hydrogens (tertiary/aromatic N) is 2. The van der Waals surface area contributed by atoms with Crippen LogP contribution in [-0.2, 0) is 6.42 Å². The molecule has 90 valence electrons. The van der Waals surface area contributed by atoms with E-state index in [0.717, 1.165) is 36.6 Å². The zero-order valence-electron chi connectivity index (χ0n) is 10.0. The number of thiazole rings is 1. The molecule has 0 aliphatic carbocycles. The Morgan fingerprint density at radius 1 is 1.53 bits per heavy atom. The van der Waals surface area contributed by atoms with E-state index >= 15 is 0 Å². The van der Waals surface area contributed by atoms with Gasteiger partial charge in [-0.25, -0.2) is 4.98 Å². The average molecular weight is 247 g/mol. The van der Waals surface area contributed by atoms with Crippen molar-refractivity contribution in [3.8, 4) is 0 Å². The molecule has 0 amide bonds. The molecule has 2 heterocycles. The summed E-state index contributed by atoms with van der Waals surface area (Å²) in [6.45, 7) is 4.17. The monoisotopic (exact) mass is 247 g/mol. The van der Waals surface area contributed by atoms with Crippen molar-refractivity contribution in [1.82, 2.24) is 4.98 Å². The Bertz CT molecular complexity index is 534. The molecule has 0 radical (unpaired) electrons. The van der Waals surface area contributed by atoms with E-state index in [1.54, 1.807) is 11.3 Å². The Balaban J connectivity index is 1.96. The fourth-order valence-corrected chi connectivity index (χ4v) is 3.34. The van der Waals surface area contributed by atoms with Crippen molar-refractivity contribution in [2.75, 3.05) is 18.0 Å². The summed E-state index contributed by atoms with van der Waals surface area (Å²) in [6, 6.07) is 6.87. The maximum Gasteiger partial charge on any atom is 0.186 e. The number of benzene rings is 1. The molecular formula is C13H17N3S. The predicted octanol–water partition coefficient (Wildman–Crippen LogP) is 2.40.